The number of carboxylic acids is 1. The van der Waals surface area contributed by atoms with Gasteiger partial charge in [0.05, 0.1) is 28.9 Å². The summed E-state index contributed by atoms with van der Waals surface area (Å²) in [6.07, 6.45) is 1.14. The summed E-state index contributed by atoms with van der Waals surface area (Å²) in [6, 6.07) is 5.23. The van der Waals surface area contributed by atoms with Crippen LogP contribution in [0.15, 0.2) is 30.5 Å². The van der Waals surface area contributed by atoms with E-state index in [-0.39, 0.29) is 22.4 Å². The van der Waals surface area contributed by atoms with Crippen molar-refractivity contribution in [1.82, 2.24) is 4.98 Å². The molecule has 0 saturated heterocycles. The van der Waals surface area contributed by atoms with Crippen molar-refractivity contribution in [3.8, 4) is 11.1 Å². The molecule has 0 aliphatic rings. The predicted octanol–water partition coefficient (Wildman–Crippen LogP) is 2.45. The van der Waals surface area contributed by atoms with Gasteiger partial charge in [-0.15, -0.1) is 0 Å². The smallest absolute Gasteiger partial charge is 0.340 e. The normalized spacial score (nSPS) is 10.2. The summed E-state index contributed by atoms with van der Waals surface area (Å²) in [7, 11) is 1.18. The number of esters is 1. The van der Waals surface area contributed by atoms with Crippen molar-refractivity contribution in [1.29, 1.82) is 0 Å². The van der Waals surface area contributed by atoms with Crippen LogP contribution in [0.4, 0.5) is 5.69 Å². The average Bonchev–Trinajstić information content (AvgIpc) is 2.53. The van der Waals surface area contributed by atoms with Gasteiger partial charge in [0.15, 0.2) is 0 Å². The van der Waals surface area contributed by atoms with E-state index in [0.717, 1.165) is 6.20 Å². The maximum Gasteiger partial charge on any atom is 0.340 e. The number of pyridine rings is 1. The van der Waals surface area contributed by atoms with Crippen molar-refractivity contribution >= 4 is 17.6 Å². The van der Waals surface area contributed by atoms with E-state index in [0.29, 0.717) is 11.3 Å². The Bertz CT molecular complexity index is 798. The highest BCUT2D eigenvalue weighted by atomic mass is 16.6. The molecule has 0 unspecified atom stereocenters. The summed E-state index contributed by atoms with van der Waals surface area (Å²) >= 11 is 0. The third-order valence-corrected chi connectivity index (χ3v) is 3.26. The maximum atomic E-state index is 12.0. The highest BCUT2D eigenvalue weighted by Gasteiger charge is 2.24. The molecule has 0 spiro atoms. The number of nitrogens with zero attached hydrogens (tertiary/aromatic N) is 2. The summed E-state index contributed by atoms with van der Waals surface area (Å²) in [5.74, 6) is -2.00. The Morgan fingerprint density at radius 2 is 1.87 bits per heavy atom. The molecule has 118 valence electrons. The second-order valence-corrected chi connectivity index (χ2v) is 4.61. The van der Waals surface area contributed by atoms with Crippen molar-refractivity contribution in [3.63, 3.8) is 0 Å². The van der Waals surface area contributed by atoms with E-state index in [1.165, 1.54) is 31.4 Å². The Morgan fingerprint density at radius 1 is 1.26 bits per heavy atom. The van der Waals surface area contributed by atoms with E-state index >= 15 is 0 Å². The number of rotatable bonds is 4. The molecule has 0 amide bonds. The first-order valence-electron chi connectivity index (χ1n) is 6.42. The van der Waals surface area contributed by atoms with E-state index in [1.54, 1.807) is 6.92 Å². The maximum absolute atomic E-state index is 12.0. The molecular formula is C15H12N2O6. The number of aromatic nitrogens is 1. The fourth-order valence-electron chi connectivity index (χ4n) is 2.17. The van der Waals surface area contributed by atoms with Gasteiger partial charge in [-0.2, -0.15) is 0 Å². The minimum Gasteiger partial charge on any atom is -0.478 e. The number of aryl methyl sites for hydroxylation is 1. The van der Waals surface area contributed by atoms with Gasteiger partial charge in [0.25, 0.3) is 5.69 Å². The number of non-ortho nitro benzene ring substituents is 1. The Labute approximate surface area is 130 Å². The van der Waals surface area contributed by atoms with Gasteiger partial charge in [0.1, 0.15) is 0 Å². The molecule has 8 heteroatoms. The van der Waals surface area contributed by atoms with Gasteiger partial charge >= 0.3 is 11.9 Å². The standard InChI is InChI=1S/C15H12N2O6/c1-8-12(15(20)23-2)13(11(7-16-8)14(18)19)9-3-5-10(6-4-9)17(21)22/h3-7H,1-2H3,(H,18,19). The van der Waals surface area contributed by atoms with E-state index in [9.17, 15) is 24.8 Å². The summed E-state index contributed by atoms with van der Waals surface area (Å²) < 4.78 is 4.70. The number of carbonyl (C=O) groups is 2. The van der Waals surface area contributed by atoms with Crippen LogP contribution in [-0.4, -0.2) is 34.1 Å². The number of nitro benzene ring substituents is 1. The summed E-state index contributed by atoms with van der Waals surface area (Å²) in [6.45, 7) is 1.55. The SMILES string of the molecule is COC(=O)c1c(C)ncc(C(=O)O)c1-c1ccc([N+](=O)[O-])cc1. The first-order valence-corrected chi connectivity index (χ1v) is 6.42. The zero-order chi connectivity index (χ0) is 17.1. The van der Waals surface area contributed by atoms with Crippen LogP contribution < -0.4 is 0 Å². The van der Waals surface area contributed by atoms with Crippen LogP contribution in [0.25, 0.3) is 11.1 Å². The Balaban J connectivity index is 2.76. The van der Waals surface area contributed by atoms with Crippen molar-refractivity contribution < 1.29 is 24.4 Å². The lowest BCUT2D eigenvalue weighted by Gasteiger charge is -2.13. The molecule has 0 radical (unpaired) electrons. The van der Waals surface area contributed by atoms with Crippen molar-refractivity contribution in [3.05, 3.63) is 57.4 Å². The number of hydrogen-bond acceptors (Lipinski definition) is 6. The van der Waals surface area contributed by atoms with Crippen molar-refractivity contribution in [2.24, 2.45) is 0 Å². The largest absolute Gasteiger partial charge is 0.478 e. The zero-order valence-electron chi connectivity index (χ0n) is 12.3. The molecule has 23 heavy (non-hydrogen) atoms. The molecule has 8 nitrogen and oxygen atoms in total. The van der Waals surface area contributed by atoms with Gasteiger partial charge in [0.2, 0.25) is 0 Å². The van der Waals surface area contributed by atoms with Crippen molar-refractivity contribution in [2.75, 3.05) is 7.11 Å². The highest BCUT2D eigenvalue weighted by Crippen LogP contribution is 2.31. The van der Waals surface area contributed by atoms with Crippen LogP contribution in [0.1, 0.15) is 26.4 Å². The van der Waals surface area contributed by atoms with E-state index in [4.69, 9.17) is 4.74 Å². The van der Waals surface area contributed by atoms with Crippen LogP contribution in [0.3, 0.4) is 0 Å². The molecule has 0 bridgehead atoms. The molecule has 2 rings (SSSR count). The summed E-state index contributed by atoms with van der Waals surface area (Å²) in [5, 5.41) is 20.1. The minimum absolute atomic E-state index is 0.0150. The molecule has 0 saturated carbocycles. The van der Waals surface area contributed by atoms with Gasteiger partial charge < -0.3 is 9.84 Å². The molecule has 1 aromatic heterocycles. The average molecular weight is 316 g/mol. The molecule has 1 heterocycles. The lowest BCUT2D eigenvalue weighted by molar-refractivity contribution is -0.384. The first kappa shape index (κ1) is 16.1. The number of carbonyl (C=O) groups excluding carboxylic acids is 1. The Kier molecular flexibility index (Phi) is 4.35. The minimum atomic E-state index is -1.27. The van der Waals surface area contributed by atoms with Crippen LogP contribution in [-0.2, 0) is 4.74 Å². The van der Waals surface area contributed by atoms with E-state index in [2.05, 4.69) is 4.98 Å². The number of nitro groups is 1. The molecular weight excluding hydrogens is 304 g/mol. The topological polar surface area (TPSA) is 120 Å². The fourth-order valence-corrected chi connectivity index (χ4v) is 2.17. The third-order valence-electron chi connectivity index (χ3n) is 3.26. The first-order chi connectivity index (χ1) is 10.9. The molecule has 0 atom stereocenters. The lowest BCUT2D eigenvalue weighted by atomic mass is 9.94. The van der Waals surface area contributed by atoms with Crippen LogP contribution in [0, 0.1) is 17.0 Å². The second kappa shape index (κ2) is 6.22. The Morgan fingerprint density at radius 3 is 2.35 bits per heavy atom. The lowest BCUT2D eigenvalue weighted by Crippen LogP contribution is -2.12. The quantitative estimate of drug-likeness (QED) is 0.522. The number of benzene rings is 1. The molecule has 1 N–H and O–H groups in total. The molecule has 0 aliphatic heterocycles. The van der Waals surface area contributed by atoms with Gasteiger partial charge in [-0.1, -0.05) is 0 Å². The van der Waals surface area contributed by atoms with Crippen LogP contribution in [0.5, 0.6) is 0 Å². The van der Waals surface area contributed by atoms with Crippen LogP contribution in [0.2, 0.25) is 0 Å². The van der Waals surface area contributed by atoms with E-state index < -0.39 is 16.9 Å². The monoisotopic (exact) mass is 316 g/mol. The third kappa shape index (κ3) is 3.00. The molecule has 0 fully saturated rings. The number of methoxy groups -OCH3 is 1. The van der Waals surface area contributed by atoms with E-state index in [1.807, 2.05) is 0 Å². The predicted molar refractivity (Wildman–Crippen MR) is 79.4 cm³/mol. The number of aromatic carboxylic acids is 1. The van der Waals surface area contributed by atoms with Crippen LogP contribution >= 0.6 is 0 Å². The van der Waals surface area contributed by atoms with Gasteiger partial charge in [-0.3, -0.25) is 15.1 Å². The Hall–Kier alpha value is -3.29. The summed E-state index contributed by atoms with van der Waals surface area (Å²) in [5.41, 5.74) is 0.447. The van der Waals surface area contributed by atoms with Crippen molar-refractivity contribution in [2.45, 2.75) is 6.92 Å². The van der Waals surface area contributed by atoms with Gasteiger partial charge in [0, 0.05) is 23.9 Å². The fraction of sp³-hybridized carbons (Fsp3) is 0.133. The molecule has 2 aromatic rings. The molecule has 1 aromatic carbocycles. The zero-order valence-corrected chi connectivity index (χ0v) is 12.3. The van der Waals surface area contributed by atoms with Gasteiger partial charge in [-0.05, 0) is 24.6 Å². The second-order valence-electron chi connectivity index (χ2n) is 4.61. The van der Waals surface area contributed by atoms with Gasteiger partial charge in [-0.25, -0.2) is 9.59 Å². The molecule has 0 aliphatic carbocycles. The summed E-state index contributed by atoms with van der Waals surface area (Å²) in [4.78, 5) is 37.5. The highest BCUT2D eigenvalue weighted by molar-refractivity contribution is 6.05. The number of carboxylic acid groups (broad SMARTS) is 1. The number of hydrogen-bond donors (Lipinski definition) is 1. The number of ether oxygens (including phenoxy) is 1.